The van der Waals surface area contributed by atoms with Gasteiger partial charge in [0.05, 0.1) is 16.8 Å². The van der Waals surface area contributed by atoms with Crippen molar-refractivity contribution in [3.63, 3.8) is 0 Å². The van der Waals surface area contributed by atoms with Crippen molar-refractivity contribution in [3.05, 3.63) is 53.3 Å². The van der Waals surface area contributed by atoms with Gasteiger partial charge in [-0.1, -0.05) is 6.07 Å². The van der Waals surface area contributed by atoms with Gasteiger partial charge in [0.15, 0.2) is 5.65 Å². The van der Waals surface area contributed by atoms with E-state index >= 15 is 0 Å². The second kappa shape index (κ2) is 6.71. The van der Waals surface area contributed by atoms with Gasteiger partial charge in [-0.3, -0.25) is 14.8 Å². The first-order chi connectivity index (χ1) is 12.6. The van der Waals surface area contributed by atoms with Gasteiger partial charge in [0.25, 0.3) is 5.91 Å². The molecule has 7 nitrogen and oxygen atoms in total. The molecule has 10 heteroatoms. The minimum absolute atomic E-state index is 0.0909. The average Bonchev–Trinajstić information content (AvgIpc) is 2.88. The Balaban J connectivity index is 1.73. The van der Waals surface area contributed by atoms with Crippen LogP contribution in [0.2, 0.25) is 0 Å². The Morgan fingerprint density at radius 1 is 1.19 bits per heavy atom. The zero-order valence-corrected chi connectivity index (χ0v) is 14.3. The van der Waals surface area contributed by atoms with E-state index in [9.17, 15) is 22.8 Å². The van der Waals surface area contributed by atoms with Crippen molar-refractivity contribution in [3.8, 4) is 0 Å². The molecule has 3 aromatic rings. The third kappa shape index (κ3) is 3.89. The Kier molecular flexibility index (Phi) is 4.56. The standard InChI is InChI=1S/C17H14F3N5O2/c1-9-13-6-10(8-21-14(13)25(2)24-9)15(26)23-16(27)22-12-5-3-4-11(7-12)17(18,19)20/h3-8H,1-2H3,(H2,22,23,26,27). The van der Waals surface area contributed by atoms with E-state index in [2.05, 4.69) is 20.7 Å². The maximum atomic E-state index is 12.7. The molecule has 2 N–H and O–H groups in total. The number of rotatable bonds is 2. The van der Waals surface area contributed by atoms with Crippen molar-refractivity contribution in [2.75, 3.05) is 5.32 Å². The molecule has 0 aliphatic heterocycles. The van der Waals surface area contributed by atoms with E-state index in [0.717, 1.165) is 18.2 Å². The number of imide groups is 1. The number of carbonyl (C=O) groups excluding carboxylic acids is 2. The number of nitrogens with one attached hydrogen (secondary N) is 2. The van der Waals surface area contributed by atoms with E-state index in [1.807, 2.05) is 0 Å². The number of hydrogen-bond acceptors (Lipinski definition) is 4. The molecule has 0 radical (unpaired) electrons. The lowest BCUT2D eigenvalue weighted by molar-refractivity contribution is -0.137. The fraction of sp³-hybridized carbons (Fsp3) is 0.176. The van der Waals surface area contributed by atoms with E-state index in [1.54, 1.807) is 18.7 Å². The first kappa shape index (κ1) is 18.4. The Morgan fingerprint density at radius 3 is 2.63 bits per heavy atom. The van der Waals surface area contributed by atoms with E-state index < -0.39 is 23.7 Å². The Labute approximate surface area is 151 Å². The highest BCUT2D eigenvalue weighted by Gasteiger charge is 2.30. The van der Waals surface area contributed by atoms with Crippen LogP contribution in [0.25, 0.3) is 11.0 Å². The summed E-state index contributed by atoms with van der Waals surface area (Å²) in [5.74, 6) is -0.739. The molecule has 2 heterocycles. The SMILES string of the molecule is Cc1nn(C)c2ncc(C(=O)NC(=O)Nc3cccc(C(F)(F)F)c3)cc12. The fourth-order valence-electron chi connectivity index (χ4n) is 2.54. The molecule has 0 aliphatic rings. The first-order valence-electron chi connectivity index (χ1n) is 7.74. The molecule has 0 bridgehead atoms. The summed E-state index contributed by atoms with van der Waals surface area (Å²) in [6.45, 7) is 1.76. The Hall–Kier alpha value is -3.43. The van der Waals surface area contributed by atoms with Crippen molar-refractivity contribution in [2.45, 2.75) is 13.1 Å². The number of nitrogens with zero attached hydrogens (tertiary/aromatic N) is 3. The van der Waals surface area contributed by atoms with Crippen LogP contribution in [0.5, 0.6) is 0 Å². The zero-order chi connectivity index (χ0) is 19.8. The van der Waals surface area contributed by atoms with Crippen LogP contribution in [0.3, 0.4) is 0 Å². The highest BCUT2D eigenvalue weighted by Crippen LogP contribution is 2.30. The monoisotopic (exact) mass is 377 g/mol. The average molecular weight is 377 g/mol. The largest absolute Gasteiger partial charge is 0.416 e. The van der Waals surface area contributed by atoms with Gasteiger partial charge in [-0.15, -0.1) is 0 Å². The summed E-state index contributed by atoms with van der Waals surface area (Å²) in [4.78, 5) is 28.3. The van der Waals surface area contributed by atoms with Gasteiger partial charge >= 0.3 is 12.2 Å². The van der Waals surface area contributed by atoms with Crippen LogP contribution >= 0.6 is 0 Å². The van der Waals surface area contributed by atoms with E-state index in [0.29, 0.717) is 16.7 Å². The Bertz CT molecular complexity index is 1040. The minimum Gasteiger partial charge on any atom is -0.308 e. The van der Waals surface area contributed by atoms with E-state index in [1.165, 1.54) is 18.3 Å². The maximum absolute atomic E-state index is 12.7. The highest BCUT2D eigenvalue weighted by molar-refractivity contribution is 6.08. The number of benzene rings is 1. The molecule has 27 heavy (non-hydrogen) atoms. The van der Waals surface area contributed by atoms with Crippen LogP contribution in [0.4, 0.5) is 23.7 Å². The van der Waals surface area contributed by atoms with Gasteiger partial charge in [-0.2, -0.15) is 18.3 Å². The number of aromatic nitrogens is 3. The topological polar surface area (TPSA) is 88.9 Å². The first-order valence-corrected chi connectivity index (χ1v) is 7.74. The number of hydrogen-bond donors (Lipinski definition) is 2. The van der Waals surface area contributed by atoms with Crippen molar-refractivity contribution >= 4 is 28.7 Å². The van der Waals surface area contributed by atoms with Crippen LogP contribution in [0.15, 0.2) is 36.5 Å². The van der Waals surface area contributed by atoms with Crippen LogP contribution < -0.4 is 10.6 Å². The smallest absolute Gasteiger partial charge is 0.308 e. The number of carbonyl (C=O) groups is 2. The summed E-state index contributed by atoms with van der Waals surface area (Å²) in [7, 11) is 1.71. The second-order valence-corrected chi connectivity index (χ2v) is 5.79. The molecule has 0 saturated carbocycles. The van der Waals surface area contributed by atoms with E-state index in [4.69, 9.17) is 0 Å². The minimum atomic E-state index is -4.54. The van der Waals surface area contributed by atoms with Crippen LogP contribution in [0, 0.1) is 6.92 Å². The number of aryl methyl sites for hydroxylation is 2. The molecule has 2 aromatic heterocycles. The third-order valence-electron chi connectivity index (χ3n) is 3.80. The lowest BCUT2D eigenvalue weighted by Crippen LogP contribution is -2.34. The predicted molar refractivity (Wildman–Crippen MR) is 91.2 cm³/mol. The summed E-state index contributed by atoms with van der Waals surface area (Å²) in [5, 5.41) is 9.10. The van der Waals surface area contributed by atoms with Crippen molar-refractivity contribution in [1.82, 2.24) is 20.1 Å². The molecule has 3 rings (SSSR count). The maximum Gasteiger partial charge on any atom is 0.416 e. The summed E-state index contributed by atoms with van der Waals surface area (Å²) in [6.07, 6.45) is -3.25. The number of amides is 3. The third-order valence-corrected chi connectivity index (χ3v) is 3.80. The van der Waals surface area contributed by atoms with Gasteiger partial charge in [0, 0.05) is 24.3 Å². The molecule has 0 atom stereocenters. The quantitative estimate of drug-likeness (QED) is 0.717. The predicted octanol–water partition coefficient (Wildman–Crippen LogP) is 3.26. The normalized spacial score (nSPS) is 11.4. The number of anilines is 1. The van der Waals surface area contributed by atoms with Gasteiger partial charge in [-0.25, -0.2) is 9.78 Å². The number of fused-ring (bicyclic) bond motifs is 1. The molecular formula is C17H14F3N5O2. The van der Waals surface area contributed by atoms with Crippen LogP contribution in [-0.2, 0) is 13.2 Å². The van der Waals surface area contributed by atoms with Crippen molar-refractivity contribution in [2.24, 2.45) is 7.05 Å². The molecular weight excluding hydrogens is 363 g/mol. The number of alkyl halides is 3. The summed E-state index contributed by atoms with van der Waals surface area (Å²) in [5.41, 5.74) is 0.374. The number of urea groups is 1. The van der Waals surface area contributed by atoms with Gasteiger partial charge < -0.3 is 5.32 Å². The van der Waals surface area contributed by atoms with Gasteiger partial charge in [0.1, 0.15) is 0 Å². The van der Waals surface area contributed by atoms with E-state index in [-0.39, 0.29) is 11.3 Å². The summed E-state index contributed by atoms with van der Waals surface area (Å²) < 4.78 is 39.7. The van der Waals surface area contributed by atoms with Crippen LogP contribution in [-0.4, -0.2) is 26.7 Å². The van der Waals surface area contributed by atoms with Crippen molar-refractivity contribution < 1.29 is 22.8 Å². The molecule has 1 aromatic carbocycles. The lowest BCUT2D eigenvalue weighted by Gasteiger charge is -2.10. The van der Waals surface area contributed by atoms with Gasteiger partial charge in [0.2, 0.25) is 0 Å². The molecule has 0 spiro atoms. The fourth-order valence-corrected chi connectivity index (χ4v) is 2.54. The molecule has 0 aliphatic carbocycles. The molecule has 0 saturated heterocycles. The molecule has 140 valence electrons. The second-order valence-electron chi connectivity index (χ2n) is 5.79. The van der Waals surface area contributed by atoms with Crippen molar-refractivity contribution in [1.29, 1.82) is 0 Å². The van der Waals surface area contributed by atoms with Crippen LogP contribution in [0.1, 0.15) is 21.6 Å². The molecule has 0 unspecified atom stereocenters. The number of pyridine rings is 1. The Morgan fingerprint density at radius 2 is 1.93 bits per heavy atom. The number of halogens is 3. The zero-order valence-electron chi connectivity index (χ0n) is 14.3. The summed E-state index contributed by atoms with van der Waals surface area (Å²) >= 11 is 0. The highest BCUT2D eigenvalue weighted by atomic mass is 19.4. The molecule has 3 amide bonds. The summed E-state index contributed by atoms with van der Waals surface area (Å²) in [6, 6.07) is 4.68. The van der Waals surface area contributed by atoms with Gasteiger partial charge in [-0.05, 0) is 31.2 Å². The molecule has 0 fully saturated rings. The lowest BCUT2D eigenvalue weighted by atomic mass is 10.2.